The highest BCUT2D eigenvalue weighted by Gasteiger charge is 2.11. The molecule has 5 heteroatoms. The van der Waals surface area contributed by atoms with Crippen molar-refractivity contribution in [3.63, 3.8) is 0 Å². The number of nitrogens with one attached hydrogen (secondary N) is 2. The highest BCUT2D eigenvalue weighted by atomic mass is 15.1. The second-order valence-electron chi connectivity index (χ2n) is 6.90. The summed E-state index contributed by atoms with van der Waals surface area (Å²) in [6, 6.07) is 19.0. The molecular weight excluding hydrogens is 334 g/mol. The minimum atomic E-state index is 0.769. The lowest BCUT2D eigenvalue weighted by Gasteiger charge is -2.15. The van der Waals surface area contributed by atoms with Crippen molar-refractivity contribution in [3.05, 3.63) is 84.1 Å². The van der Waals surface area contributed by atoms with Crippen LogP contribution in [0.1, 0.15) is 17.1 Å². The third-order valence-electron chi connectivity index (χ3n) is 4.61. The number of benzene rings is 2. The first-order valence-corrected chi connectivity index (χ1v) is 9.06. The van der Waals surface area contributed by atoms with Gasteiger partial charge in [-0.15, -0.1) is 0 Å². The Morgan fingerprint density at radius 3 is 2.26 bits per heavy atom. The Hall–Kier alpha value is -3.18. The van der Waals surface area contributed by atoms with Gasteiger partial charge in [-0.25, -0.2) is 4.98 Å². The maximum absolute atomic E-state index is 4.38. The molecule has 0 amide bonds. The van der Waals surface area contributed by atoms with Crippen LogP contribution in [0.2, 0.25) is 0 Å². The molecule has 0 radical (unpaired) electrons. The maximum atomic E-state index is 4.38. The van der Waals surface area contributed by atoms with Gasteiger partial charge in [0.15, 0.2) is 0 Å². The van der Waals surface area contributed by atoms with Gasteiger partial charge in [0.25, 0.3) is 0 Å². The molecule has 0 aliphatic heterocycles. The van der Waals surface area contributed by atoms with Gasteiger partial charge in [-0.1, -0.05) is 54.6 Å². The summed E-state index contributed by atoms with van der Waals surface area (Å²) in [7, 11) is 2.09. The number of hydrogen-bond acceptors (Lipinski definition) is 3. The third-order valence-corrected chi connectivity index (χ3v) is 4.61. The second-order valence-corrected chi connectivity index (χ2v) is 6.90. The lowest BCUT2D eigenvalue weighted by molar-refractivity contribution is 0.312. The van der Waals surface area contributed by atoms with Crippen LogP contribution in [0.25, 0.3) is 22.4 Å². The zero-order chi connectivity index (χ0) is 18.6. The molecule has 4 rings (SSSR count). The van der Waals surface area contributed by atoms with E-state index in [1.54, 1.807) is 0 Å². The summed E-state index contributed by atoms with van der Waals surface area (Å²) in [6.07, 6.45) is 3.77. The van der Waals surface area contributed by atoms with E-state index < -0.39 is 0 Å². The molecule has 0 fully saturated rings. The predicted octanol–water partition coefficient (Wildman–Crippen LogP) is 4.41. The minimum Gasteiger partial charge on any atom is -0.345 e. The zero-order valence-electron chi connectivity index (χ0n) is 15.6. The molecule has 4 aromatic rings. The Balaban J connectivity index is 1.49. The Bertz CT molecular complexity index is 999. The van der Waals surface area contributed by atoms with Crippen molar-refractivity contribution >= 4 is 0 Å². The zero-order valence-corrected chi connectivity index (χ0v) is 15.6. The summed E-state index contributed by atoms with van der Waals surface area (Å²) in [6.45, 7) is 3.58. The van der Waals surface area contributed by atoms with E-state index in [-0.39, 0.29) is 0 Å². The van der Waals surface area contributed by atoms with Gasteiger partial charge in [-0.05, 0) is 30.7 Å². The quantitative estimate of drug-likeness (QED) is 0.537. The molecule has 0 bridgehead atoms. The molecule has 0 unspecified atom stereocenters. The molecule has 136 valence electrons. The first kappa shape index (κ1) is 17.2. The number of aryl methyl sites for hydroxylation is 1. The predicted molar refractivity (Wildman–Crippen MR) is 108 cm³/mol. The molecule has 5 nitrogen and oxygen atoms in total. The molecule has 2 heterocycles. The molecule has 0 aliphatic rings. The highest BCUT2D eigenvalue weighted by Crippen LogP contribution is 2.26. The van der Waals surface area contributed by atoms with Crippen molar-refractivity contribution in [2.75, 3.05) is 7.05 Å². The van der Waals surface area contributed by atoms with Crippen LogP contribution in [0.4, 0.5) is 0 Å². The van der Waals surface area contributed by atoms with Gasteiger partial charge in [-0.3, -0.25) is 10.00 Å². The second kappa shape index (κ2) is 7.60. The molecule has 0 aliphatic carbocycles. The number of H-pyrrole nitrogens is 2. The van der Waals surface area contributed by atoms with Crippen molar-refractivity contribution in [1.82, 2.24) is 25.1 Å². The number of rotatable bonds is 6. The smallest absolute Gasteiger partial charge is 0.120 e. The average Bonchev–Trinajstić information content (AvgIpc) is 3.31. The van der Waals surface area contributed by atoms with E-state index in [1.165, 1.54) is 16.7 Å². The Kier molecular flexibility index (Phi) is 4.85. The van der Waals surface area contributed by atoms with Gasteiger partial charge in [0.05, 0.1) is 18.4 Å². The van der Waals surface area contributed by atoms with E-state index in [4.69, 9.17) is 0 Å². The summed E-state index contributed by atoms with van der Waals surface area (Å²) >= 11 is 0. The number of aromatic amines is 2. The van der Waals surface area contributed by atoms with Crippen LogP contribution >= 0.6 is 0 Å². The first-order chi connectivity index (χ1) is 13.2. The fourth-order valence-corrected chi connectivity index (χ4v) is 3.29. The van der Waals surface area contributed by atoms with Crippen molar-refractivity contribution in [2.24, 2.45) is 0 Å². The van der Waals surface area contributed by atoms with Crippen LogP contribution in [0, 0.1) is 6.92 Å². The summed E-state index contributed by atoms with van der Waals surface area (Å²) in [5.41, 5.74) is 6.91. The van der Waals surface area contributed by atoms with Gasteiger partial charge in [-0.2, -0.15) is 5.10 Å². The van der Waals surface area contributed by atoms with Gasteiger partial charge in [0.2, 0.25) is 0 Å². The van der Waals surface area contributed by atoms with Crippen molar-refractivity contribution in [3.8, 4) is 22.4 Å². The van der Waals surface area contributed by atoms with Crippen LogP contribution in [0.5, 0.6) is 0 Å². The van der Waals surface area contributed by atoms with Crippen LogP contribution in [-0.2, 0) is 13.1 Å². The fraction of sp³-hybridized carbons (Fsp3) is 0.182. The van der Waals surface area contributed by atoms with Gasteiger partial charge >= 0.3 is 0 Å². The Morgan fingerprint density at radius 1 is 0.852 bits per heavy atom. The minimum absolute atomic E-state index is 0.769. The van der Waals surface area contributed by atoms with Crippen LogP contribution in [-0.4, -0.2) is 32.1 Å². The molecule has 2 aromatic carbocycles. The maximum Gasteiger partial charge on any atom is 0.120 e. The lowest BCUT2D eigenvalue weighted by atomic mass is 10.0. The molecule has 0 saturated carbocycles. The Labute approximate surface area is 159 Å². The van der Waals surface area contributed by atoms with Crippen LogP contribution < -0.4 is 0 Å². The first-order valence-electron chi connectivity index (χ1n) is 9.06. The summed E-state index contributed by atoms with van der Waals surface area (Å²) < 4.78 is 0. The molecule has 0 atom stereocenters. The summed E-state index contributed by atoms with van der Waals surface area (Å²) in [5, 5.41) is 7.42. The van der Waals surface area contributed by atoms with Gasteiger partial charge in [0.1, 0.15) is 5.82 Å². The fourth-order valence-electron chi connectivity index (χ4n) is 3.29. The van der Waals surface area contributed by atoms with Crippen molar-refractivity contribution < 1.29 is 0 Å². The van der Waals surface area contributed by atoms with E-state index in [0.29, 0.717) is 0 Å². The molecular formula is C22H23N5. The van der Waals surface area contributed by atoms with Crippen LogP contribution in [0.3, 0.4) is 0 Å². The number of hydrogen-bond donors (Lipinski definition) is 2. The summed E-state index contributed by atoms with van der Waals surface area (Å²) in [5.74, 6) is 0.979. The average molecular weight is 357 g/mol. The van der Waals surface area contributed by atoms with E-state index in [2.05, 4.69) is 80.6 Å². The topological polar surface area (TPSA) is 60.6 Å². The lowest BCUT2D eigenvalue weighted by Crippen LogP contribution is -2.18. The molecule has 0 saturated heterocycles. The SMILES string of the molecule is Cc1cnc(CN(C)Cc2cn[nH]c2-c2ccc(-c3ccccc3)cc2)[nH]1. The number of aromatic nitrogens is 4. The van der Waals surface area contributed by atoms with Crippen LogP contribution in [0.15, 0.2) is 67.0 Å². The number of imidazole rings is 1. The van der Waals surface area contributed by atoms with Crippen molar-refractivity contribution in [2.45, 2.75) is 20.0 Å². The Morgan fingerprint density at radius 2 is 1.56 bits per heavy atom. The van der Waals surface area contributed by atoms with Crippen molar-refractivity contribution in [1.29, 1.82) is 0 Å². The van der Waals surface area contributed by atoms with E-state index in [9.17, 15) is 0 Å². The standard InChI is InChI=1S/C22H23N5/c1-16-12-23-21(25-16)15-27(2)14-20-13-24-26-22(20)19-10-8-18(9-11-19)17-6-4-3-5-7-17/h3-13H,14-15H2,1-2H3,(H,23,25)(H,24,26). The van der Waals surface area contributed by atoms with E-state index in [0.717, 1.165) is 35.9 Å². The van der Waals surface area contributed by atoms with Gasteiger partial charge < -0.3 is 4.98 Å². The van der Waals surface area contributed by atoms with Gasteiger partial charge in [0, 0.05) is 24.0 Å². The largest absolute Gasteiger partial charge is 0.345 e. The highest BCUT2D eigenvalue weighted by molar-refractivity contribution is 5.69. The third kappa shape index (κ3) is 3.99. The molecule has 0 spiro atoms. The number of nitrogens with zero attached hydrogens (tertiary/aromatic N) is 3. The summed E-state index contributed by atoms with van der Waals surface area (Å²) in [4.78, 5) is 9.89. The monoisotopic (exact) mass is 357 g/mol. The molecule has 2 N–H and O–H groups in total. The molecule has 27 heavy (non-hydrogen) atoms. The molecule has 2 aromatic heterocycles. The van der Waals surface area contributed by atoms with E-state index in [1.807, 2.05) is 25.4 Å². The normalized spacial score (nSPS) is 11.2. The van der Waals surface area contributed by atoms with E-state index >= 15 is 0 Å².